The molecule has 4 heteroatoms. The van der Waals surface area contributed by atoms with Crippen molar-refractivity contribution in [2.75, 3.05) is 0 Å². The zero-order valence-electron chi connectivity index (χ0n) is 9.48. The number of fused-ring (bicyclic) bond motifs is 1. The molecule has 4 nitrogen and oxygen atoms in total. The molecule has 0 saturated heterocycles. The number of aromatic nitrogens is 2. The fourth-order valence-electron chi connectivity index (χ4n) is 1.72. The van der Waals surface area contributed by atoms with Crippen LogP contribution in [0.1, 0.15) is 0 Å². The molecule has 1 aromatic heterocycles. The van der Waals surface area contributed by atoms with Crippen molar-refractivity contribution in [3.8, 4) is 5.75 Å². The van der Waals surface area contributed by atoms with Gasteiger partial charge in [0, 0.05) is 5.39 Å². The second-order valence-electron chi connectivity index (χ2n) is 3.81. The number of benzene rings is 2. The van der Waals surface area contributed by atoms with Crippen LogP contribution >= 0.6 is 0 Å². The number of para-hydroxylation sites is 1. The van der Waals surface area contributed by atoms with Crippen LogP contribution in [0.15, 0.2) is 65.6 Å². The third kappa shape index (κ3) is 1.84. The Morgan fingerprint density at radius 3 is 2.50 bits per heavy atom. The first kappa shape index (κ1) is 10.5. The van der Waals surface area contributed by atoms with E-state index in [9.17, 15) is 4.79 Å². The summed E-state index contributed by atoms with van der Waals surface area (Å²) >= 11 is 0. The average Bonchev–Trinajstić information content (AvgIpc) is 2.43. The minimum Gasteiger partial charge on any atom is -0.354 e. The maximum Gasteiger partial charge on any atom is 0.311 e. The Morgan fingerprint density at radius 1 is 0.944 bits per heavy atom. The Labute approximate surface area is 103 Å². The summed E-state index contributed by atoms with van der Waals surface area (Å²) in [7, 11) is 0. The molecule has 0 spiro atoms. The fourth-order valence-corrected chi connectivity index (χ4v) is 1.72. The number of hydrogen-bond acceptors (Lipinski definition) is 3. The van der Waals surface area contributed by atoms with Gasteiger partial charge >= 0.3 is 5.56 Å². The first-order chi connectivity index (χ1) is 8.84. The van der Waals surface area contributed by atoms with Crippen LogP contribution in [0.5, 0.6) is 5.75 Å². The molecule has 0 fully saturated rings. The van der Waals surface area contributed by atoms with Crippen LogP contribution in [-0.2, 0) is 0 Å². The van der Waals surface area contributed by atoms with E-state index in [4.69, 9.17) is 4.84 Å². The van der Waals surface area contributed by atoms with Crippen LogP contribution in [0.4, 0.5) is 0 Å². The number of nitrogens with zero attached hydrogens (tertiary/aromatic N) is 2. The molecular formula is C14H10N2O2. The second-order valence-corrected chi connectivity index (χ2v) is 3.81. The molecule has 88 valence electrons. The van der Waals surface area contributed by atoms with Crippen LogP contribution in [-0.4, -0.2) is 9.94 Å². The smallest absolute Gasteiger partial charge is 0.311 e. The molecule has 0 N–H and O–H groups in total. The molecule has 0 aliphatic rings. The van der Waals surface area contributed by atoms with Gasteiger partial charge in [0.1, 0.15) is 0 Å². The Kier molecular flexibility index (Phi) is 2.53. The first-order valence-electron chi connectivity index (χ1n) is 5.55. The van der Waals surface area contributed by atoms with Gasteiger partial charge in [-0.2, -0.15) is 0 Å². The summed E-state index contributed by atoms with van der Waals surface area (Å²) in [6, 6.07) is 16.4. The molecule has 0 radical (unpaired) electrons. The van der Waals surface area contributed by atoms with E-state index in [1.165, 1.54) is 0 Å². The van der Waals surface area contributed by atoms with E-state index < -0.39 is 0 Å². The average molecular weight is 238 g/mol. The van der Waals surface area contributed by atoms with Crippen molar-refractivity contribution in [3.63, 3.8) is 0 Å². The van der Waals surface area contributed by atoms with Gasteiger partial charge in [0.05, 0.1) is 11.6 Å². The van der Waals surface area contributed by atoms with Crippen LogP contribution in [0.2, 0.25) is 0 Å². The van der Waals surface area contributed by atoms with Crippen molar-refractivity contribution in [3.05, 3.63) is 71.1 Å². The Hall–Kier alpha value is -2.62. The van der Waals surface area contributed by atoms with Crippen molar-refractivity contribution < 1.29 is 4.84 Å². The van der Waals surface area contributed by atoms with Crippen LogP contribution in [0.25, 0.3) is 10.8 Å². The van der Waals surface area contributed by atoms with E-state index in [0.29, 0.717) is 11.1 Å². The SMILES string of the molecule is O=c1c2ccccc2cnn1Oc1ccccc1. The van der Waals surface area contributed by atoms with Gasteiger partial charge in [-0.15, -0.1) is 5.10 Å². The summed E-state index contributed by atoms with van der Waals surface area (Å²) in [5.74, 6) is 0.572. The van der Waals surface area contributed by atoms with Gasteiger partial charge < -0.3 is 4.84 Å². The molecular weight excluding hydrogens is 228 g/mol. The van der Waals surface area contributed by atoms with Crippen LogP contribution in [0, 0.1) is 0 Å². The third-order valence-electron chi connectivity index (χ3n) is 2.60. The van der Waals surface area contributed by atoms with Crippen LogP contribution < -0.4 is 10.4 Å². The minimum absolute atomic E-state index is 0.267. The Bertz CT molecular complexity index is 735. The second kappa shape index (κ2) is 4.33. The van der Waals surface area contributed by atoms with E-state index in [-0.39, 0.29) is 5.56 Å². The summed E-state index contributed by atoms with van der Waals surface area (Å²) in [4.78, 5) is 18.5. The molecule has 0 saturated carbocycles. The standard InChI is InChI=1S/C14H10N2O2/c17-14-13-9-5-4-6-11(13)10-15-16(14)18-12-7-2-1-3-8-12/h1-10H. The molecule has 18 heavy (non-hydrogen) atoms. The van der Waals surface area contributed by atoms with Crippen molar-refractivity contribution in [2.24, 2.45) is 0 Å². The summed E-state index contributed by atoms with van der Waals surface area (Å²) in [5.41, 5.74) is -0.267. The molecule has 0 unspecified atom stereocenters. The largest absolute Gasteiger partial charge is 0.354 e. The Balaban J connectivity index is 2.08. The van der Waals surface area contributed by atoms with E-state index >= 15 is 0 Å². The van der Waals surface area contributed by atoms with Gasteiger partial charge in [-0.05, 0) is 18.2 Å². The van der Waals surface area contributed by atoms with E-state index in [1.54, 1.807) is 24.4 Å². The van der Waals surface area contributed by atoms with Gasteiger partial charge in [-0.25, -0.2) is 0 Å². The maximum atomic E-state index is 12.1. The van der Waals surface area contributed by atoms with Crippen LogP contribution in [0.3, 0.4) is 0 Å². The van der Waals surface area contributed by atoms with Gasteiger partial charge in [0.15, 0.2) is 5.75 Å². The van der Waals surface area contributed by atoms with E-state index in [2.05, 4.69) is 5.10 Å². The normalized spacial score (nSPS) is 10.4. The quantitative estimate of drug-likeness (QED) is 0.687. The summed E-state index contributed by atoms with van der Waals surface area (Å²) in [5, 5.41) is 5.37. The number of hydrogen-bond donors (Lipinski definition) is 0. The Morgan fingerprint density at radius 2 is 1.67 bits per heavy atom. The van der Waals surface area contributed by atoms with Gasteiger partial charge in [0.25, 0.3) is 0 Å². The molecule has 3 rings (SSSR count). The van der Waals surface area contributed by atoms with Gasteiger partial charge in [0.2, 0.25) is 0 Å². The first-order valence-corrected chi connectivity index (χ1v) is 5.55. The number of rotatable bonds is 2. The summed E-state index contributed by atoms with van der Waals surface area (Å²) in [6.07, 6.45) is 1.61. The lowest BCUT2D eigenvalue weighted by molar-refractivity contribution is 0.166. The van der Waals surface area contributed by atoms with Gasteiger partial charge in [-0.3, -0.25) is 4.79 Å². The predicted octanol–water partition coefficient (Wildman–Crippen LogP) is 2.24. The fraction of sp³-hybridized carbons (Fsp3) is 0. The van der Waals surface area contributed by atoms with Crippen molar-refractivity contribution >= 4 is 10.8 Å². The minimum atomic E-state index is -0.267. The van der Waals surface area contributed by atoms with Crippen molar-refractivity contribution in [1.82, 2.24) is 9.94 Å². The lowest BCUT2D eigenvalue weighted by Gasteiger charge is -2.06. The molecule has 0 aliphatic heterocycles. The zero-order chi connectivity index (χ0) is 12.4. The molecule has 0 bridgehead atoms. The monoisotopic (exact) mass is 238 g/mol. The lowest BCUT2D eigenvalue weighted by atomic mass is 10.2. The molecule has 0 aliphatic carbocycles. The van der Waals surface area contributed by atoms with Gasteiger partial charge in [-0.1, -0.05) is 41.2 Å². The topological polar surface area (TPSA) is 44.1 Å². The van der Waals surface area contributed by atoms with E-state index in [0.717, 1.165) is 10.2 Å². The highest BCUT2D eigenvalue weighted by atomic mass is 16.7. The van der Waals surface area contributed by atoms with Crippen molar-refractivity contribution in [2.45, 2.75) is 0 Å². The predicted molar refractivity (Wildman–Crippen MR) is 68.5 cm³/mol. The maximum absolute atomic E-state index is 12.1. The highest BCUT2D eigenvalue weighted by Crippen LogP contribution is 2.10. The highest BCUT2D eigenvalue weighted by Gasteiger charge is 2.04. The molecule has 0 atom stereocenters. The molecule has 2 aromatic carbocycles. The third-order valence-corrected chi connectivity index (χ3v) is 2.60. The van der Waals surface area contributed by atoms with E-state index in [1.807, 2.05) is 36.4 Å². The molecule has 3 aromatic rings. The lowest BCUT2D eigenvalue weighted by Crippen LogP contribution is -2.26. The highest BCUT2D eigenvalue weighted by molar-refractivity contribution is 5.80. The summed E-state index contributed by atoms with van der Waals surface area (Å²) < 4.78 is 0. The summed E-state index contributed by atoms with van der Waals surface area (Å²) in [6.45, 7) is 0. The molecule has 1 heterocycles. The zero-order valence-corrected chi connectivity index (χ0v) is 9.48. The molecule has 0 amide bonds. The van der Waals surface area contributed by atoms with Crippen molar-refractivity contribution in [1.29, 1.82) is 0 Å².